The van der Waals surface area contributed by atoms with Crippen LogP contribution in [0.1, 0.15) is 11.5 Å². The minimum atomic E-state index is -0.368. The third kappa shape index (κ3) is 2.47. The van der Waals surface area contributed by atoms with Crippen LogP contribution in [-0.2, 0) is 0 Å². The SMILES string of the molecule is CN(C)C1=N[C@@H]2Nc3ccccc3N(C)[C@H]2[C@@H]1c1ccc([N+](=O)[O-])cc1. The van der Waals surface area contributed by atoms with Gasteiger partial charge in [-0.1, -0.05) is 24.3 Å². The Hall–Kier alpha value is -3.09. The molecule has 7 heteroatoms. The van der Waals surface area contributed by atoms with E-state index in [4.69, 9.17) is 4.99 Å². The standard InChI is InChI=1S/C19H21N5O2/c1-22(2)19-16(12-8-10-13(11-9-12)24(25)26)17-18(21-19)20-14-6-4-5-7-15(14)23(17)3/h4-11,16-18,20H,1-3H3/t16-,17-,18-/m0/s1. The van der Waals surface area contributed by atoms with Crippen molar-refractivity contribution in [1.29, 1.82) is 0 Å². The highest BCUT2D eigenvalue weighted by atomic mass is 16.6. The van der Waals surface area contributed by atoms with E-state index in [9.17, 15) is 10.1 Å². The van der Waals surface area contributed by atoms with Gasteiger partial charge in [0.15, 0.2) is 0 Å². The summed E-state index contributed by atoms with van der Waals surface area (Å²) in [6, 6.07) is 15.1. The molecule has 134 valence electrons. The molecule has 0 fully saturated rings. The highest BCUT2D eigenvalue weighted by Gasteiger charge is 2.46. The maximum absolute atomic E-state index is 11.0. The summed E-state index contributed by atoms with van der Waals surface area (Å²) in [7, 11) is 6.06. The molecular weight excluding hydrogens is 330 g/mol. The molecule has 2 aliphatic rings. The highest BCUT2D eigenvalue weighted by Crippen LogP contribution is 2.42. The third-order valence-electron chi connectivity index (χ3n) is 5.17. The number of nitro groups is 1. The topological polar surface area (TPSA) is 74.0 Å². The van der Waals surface area contributed by atoms with Gasteiger partial charge in [0.05, 0.1) is 28.3 Å². The highest BCUT2D eigenvalue weighted by molar-refractivity contribution is 5.94. The first kappa shape index (κ1) is 16.4. The summed E-state index contributed by atoms with van der Waals surface area (Å²) < 4.78 is 0. The van der Waals surface area contributed by atoms with Crippen LogP contribution in [0.3, 0.4) is 0 Å². The van der Waals surface area contributed by atoms with E-state index in [0.717, 1.165) is 22.8 Å². The van der Waals surface area contributed by atoms with Crippen molar-refractivity contribution < 1.29 is 4.92 Å². The number of non-ortho nitro benzene ring substituents is 1. The molecule has 26 heavy (non-hydrogen) atoms. The van der Waals surface area contributed by atoms with Crippen molar-refractivity contribution in [1.82, 2.24) is 4.90 Å². The predicted molar refractivity (Wildman–Crippen MR) is 103 cm³/mol. The zero-order chi connectivity index (χ0) is 18.4. The molecule has 1 N–H and O–H groups in total. The van der Waals surface area contributed by atoms with Gasteiger partial charge in [-0.15, -0.1) is 0 Å². The molecule has 3 atom stereocenters. The van der Waals surface area contributed by atoms with Crippen molar-refractivity contribution >= 4 is 22.9 Å². The van der Waals surface area contributed by atoms with Crippen molar-refractivity contribution in [3.63, 3.8) is 0 Å². The number of hydrogen-bond acceptors (Lipinski definition) is 6. The van der Waals surface area contributed by atoms with Gasteiger partial charge in [0.2, 0.25) is 0 Å². The van der Waals surface area contributed by atoms with Crippen LogP contribution in [0.4, 0.5) is 17.1 Å². The number of benzene rings is 2. The molecule has 2 aliphatic heterocycles. The monoisotopic (exact) mass is 351 g/mol. The fraction of sp³-hybridized carbons (Fsp3) is 0.316. The zero-order valence-electron chi connectivity index (χ0n) is 15.0. The molecule has 0 saturated heterocycles. The smallest absolute Gasteiger partial charge is 0.269 e. The van der Waals surface area contributed by atoms with Gasteiger partial charge in [-0.25, -0.2) is 4.99 Å². The molecule has 0 amide bonds. The van der Waals surface area contributed by atoms with E-state index in [2.05, 4.69) is 29.4 Å². The number of rotatable bonds is 2. The molecule has 0 saturated carbocycles. The summed E-state index contributed by atoms with van der Waals surface area (Å²) >= 11 is 0. The fourth-order valence-electron chi connectivity index (χ4n) is 3.95. The van der Waals surface area contributed by atoms with Crippen molar-refractivity contribution in [3.05, 3.63) is 64.2 Å². The van der Waals surface area contributed by atoms with Crippen molar-refractivity contribution in [3.8, 4) is 0 Å². The Morgan fingerprint density at radius 1 is 1.15 bits per heavy atom. The molecule has 0 unspecified atom stereocenters. The normalized spacial score (nSPS) is 23.6. The molecule has 4 rings (SSSR count). The number of para-hydroxylation sites is 2. The molecule has 0 radical (unpaired) electrons. The number of anilines is 2. The van der Waals surface area contributed by atoms with E-state index in [1.165, 1.54) is 0 Å². The Kier molecular flexibility index (Phi) is 3.79. The molecule has 2 heterocycles. The molecule has 2 aromatic carbocycles. The zero-order valence-corrected chi connectivity index (χ0v) is 15.0. The number of aliphatic imine (C=N–C) groups is 1. The first-order valence-corrected chi connectivity index (χ1v) is 8.55. The lowest BCUT2D eigenvalue weighted by Crippen LogP contribution is -2.49. The maximum atomic E-state index is 11.0. The second-order valence-corrected chi connectivity index (χ2v) is 6.92. The van der Waals surface area contributed by atoms with Crippen LogP contribution < -0.4 is 10.2 Å². The van der Waals surface area contributed by atoms with Gasteiger partial charge in [-0.3, -0.25) is 10.1 Å². The summed E-state index contributed by atoms with van der Waals surface area (Å²) in [5.41, 5.74) is 3.34. The van der Waals surface area contributed by atoms with Gasteiger partial charge in [0.25, 0.3) is 5.69 Å². The van der Waals surface area contributed by atoms with E-state index in [1.54, 1.807) is 12.1 Å². The van der Waals surface area contributed by atoms with Crippen molar-refractivity contribution in [2.75, 3.05) is 31.4 Å². The van der Waals surface area contributed by atoms with Crippen LogP contribution in [0, 0.1) is 10.1 Å². The maximum Gasteiger partial charge on any atom is 0.269 e. The quantitative estimate of drug-likeness (QED) is 0.665. The Morgan fingerprint density at radius 3 is 2.50 bits per heavy atom. The van der Waals surface area contributed by atoms with Crippen LogP contribution in [0.15, 0.2) is 53.5 Å². The van der Waals surface area contributed by atoms with Crippen LogP contribution >= 0.6 is 0 Å². The minimum Gasteiger partial charge on any atom is -0.366 e. The van der Waals surface area contributed by atoms with Crippen LogP contribution in [0.25, 0.3) is 0 Å². The number of nitrogens with zero attached hydrogens (tertiary/aromatic N) is 4. The van der Waals surface area contributed by atoms with E-state index in [-0.39, 0.29) is 28.7 Å². The lowest BCUT2D eigenvalue weighted by Gasteiger charge is -2.41. The summed E-state index contributed by atoms with van der Waals surface area (Å²) in [6.07, 6.45) is -0.0625. The van der Waals surface area contributed by atoms with Gasteiger partial charge in [0, 0.05) is 33.3 Å². The number of likely N-dealkylation sites (N-methyl/N-ethyl adjacent to an activating group) is 2. The Morgan fingerprint density at radius 2 is 1.85 bits per heavy atom. The molecule has 0 aliphatic carbocycles. The molecule has 0 bridgehead atoms. The lowest BCUT2D eigenvalue weighted by atomic mass is 9.88. The lowest BCUT2D eigenvalue weighted by molar-refractivity contribution is -0.384. The van der Waals surface area contributed by atoms with Crippen molar-refractivity contribution in [2.45, 2.75) is 18.1 Å². The van der Waals surface area contributed by atoms with Gasteiger partial charge in [-0.2, -0.15) is 0 Å². The number of nitrogens with one attached hydrogen (secondary N) is 1. The fourth-order valence-corrected chi connectivity index (χ4v) is 3.95. The second kappa shape index (κ2) is 6.01. The van der Waals surface area contributed by atoms with Gasteiger partial charge in [0.1, 0.15) is 12.0 Å². The molecule has 0 aromatic heterocycles. The molecule has 7 nitrogen and oxygen atoms in total. The number of amidine groups is 1. The average molecular weight is 351 g/mol. The number of nitro benzene ring substituents is 1. The van der Waals surface area contributed by atoms with E-state index in [0.29, 0.717) is 0 Å². The number of fused-ring (bicyclic) bond motifs is 2. The summed E-state index contributed by atoms with van der Waals surface area (Å²) in [6.45, 7) is 0. The largest absolute Gasteiger partial charge is 0.366 e. The van der Waals surface area contributed by atoms with Crippen molar-refractivity contribution in [2.24, 2.45) is 4.99 Å². The summed E-state index contributed by atoms with van der Waals surface area (Å²) in [5, 5.41) is 14.5. The van der Waals surface area contributed by atoms with Gasteiger partial charge >= 0.3 is 0 Å². The first-order valence-electron chi connectivity index (χ1n) is 8.55. The predicted octanol–water partition coefficient (Wildman–Crippen LogP) is 2.91. The van der Waals surface area contributed by atoms with Crippen LogP contribution in [0.2, 0.25) is 0 Å². The third-order valence-corrected chi connectivity index (χ3v) is 5.17. The van der Waals surface area contributed by atoms with Crippen LogP contribution in [-0.4, -0.2) is 49.0 Å². The van der Waals surface area contributed by atoms with Crippen LogP contribution in [0.5, 0.6) is 0 Å². The second-order valence-electron chi connectivity index (χ2n) is 6.92. The summed E-state index contributed by atoms with van der Waals surface area (Å²) in [5.74, 6) is 1.00. The Bertz CT molecular complexity index is 878. The number of hydrogen-bond donors (Lipinski definition) is 1. The molecule has 0 spiro atoms. The van der Waals surface area contributed by atoms with E-state index in [1.807, 2.05) is 43.3 Å². The summed E-state index contributed by atoms with van der Waals surface area (Å²) in [4.78, 5) is 19.8. The Labute approximate surface area is 152 Å². The molecular formula is C19H21N5O2. The first-order chi connectivity index (χ1) is 12.5. The van der Waals surface area contributed by atoms with Gasteiger partial charge in [-0.05, 0) is 17.7 Å². The average Bonchev–Trinajstić information content (AvgIpc) is 3.02. The minimum absolute atomic E-state index is 0.0293. The van der Waals surface area contributed by atoms with E-state index < -0.39 is 0 Å². The van der Waals surface area contributed by atoms with E-state index >= 15 is 0 Å². The Balaban J connectivity index is 1.77. The van der Waals surface area contributed by atoms with Gasteiger partial charge < -0.3 is 15.1 Å². The molecule has 2 aromatic rings.